The van der Waals surface area contributed by atoms with E-state index in [0.717, 1.165) is 30.3 Å². The van der Waals surface area contributed by atoms with E-state index in [1.165, 1.54) is 21.4 Å². The molecule has 0 amide bonds. The zero-order chi connectivity index (χ0) is 20.1. The number of benzene rings is 2. The van der Waals surface area contributed by atoms with Crippen LogP contribution in [0.1, 0.15) is 32.8 Å². The zero-order valence-corrected chi connectivity index (χ0v) is 18.7. The third kappa shape index (κ3) is 4.53. The highest BCUT2D eigenvalue weighted by atomic mass is 32.2. The van der Waals surface area contributed by atoms with Crippen LogP contribution in [0.2, 0.25) is 0 Å². The van der Waals surface area contributed by atoms with Crippen molar-refractivity contribution < 1.29 is 0 Å². The van der Waals surface area contributed by atoms with Gasteiger partial charge in [0.25, 0.3) is 0 Å². The van der Waals surface area contributed by atoms with Gasteiger partial charge in [0.15, 0.2) is 5.11 Å². The highest BCUT2D eigenvalue weighted by molar-refractivity contribution is 7.98. The predicted octanol–water partition coefficient (Wildman–Crippen LogP) is 6.38. The van der Waals surface area contributed by atoms with Gasteiger partial charge in [-0.2, -0.15) is 0 Å². The molecule has 1 N–H and O–H groups in total. The van der Waals surface area contributed by atoms with Crippen molar-refractivity contribution in [1.29, 1.82) is 0 Å². The fraction of sp³-hybridized carbons (Fsp3) is 0.348. The van der Waals surface area contributed by atoms with E-state index in [2.05, 4.69) is 96.5 Å². The second-order valence-electron chi connectivity index (χ2n) is 7.00. The molecule has 5 heteroatoms. The molecule has 0 spiro atoms. The number of fused-ring (bicyclic) bond motifs is 1. The molecule has 3 nitrogen and oxygen atoms in total. The van der Waals surface area contributed by atoms with Crippen LogP contribution in [0.5, 0.6) is 0 Å². The van der Waals surface area contributed by atoms with Gasteiger partial charge in [0.05, 0.1) is 0 Å². The van der Waals surface area contributed by atoms with Crippen molar-refractivity contribution in [2.75, 3.05) is 11.6 Å². The summed E-state index contributed by atoms with van der Waals surface area (Å²) in [5.74, 6) is 0. The van der Waals surface area contributed by atoms with E-state index in [4.69, 9.17) is 12.2 Å². The molecule has 0 radical (unpaired) electrons. The second-order valence-corrected chi connectivity index (χ2v) is 8.27. The second kappa shape index (κ2) is 9.48. The molecule has 3 aromatic rings. The van der Waals surface area contributed by atoms with Crippen LogP contribution in [0.4, 0.5) is 5.69 Å². The van der Waals surface area contributed by atoms with Gasteiger partial charge >= 0.3 is 0 Å². The van der Waals surface area contributed by atoms with E-state index in [0.29, 0.717) is 6.04 Å². The van der Waals surface area contributed by atoms with Gasteiger partial charge in [0.1, 0.15) is 0 Å². The molecule has 0 fully saturated rings. The predicted molar refractivity (Wildman–Crippen MR) is 127 cm³/mol. The number of thioether (sulfide) groups is 1. The molecular weight excluding hydrogens is 382 g/mol. The van der Waals surface area contributed by atoms with Gasteiger partial charge < -0.3 is 14.8 Å². The summed E-state index contributed by atoms with van der Waals surface area (Å²) in [6.07, 6.45) is 5.41. The summed E-state index contributed by atoms with van der Waals surface area (Å²) in [6.45, 7) is 8.41. The van der Waals surface area contributed by atoms with Crippen molar-refractivity contribution in [2.45, 2.75) is 51.2 Å². The Morgan fingerprint density at radius 2 is 1.96 bits per heavy atom. The van der Waals surface area contributed by atoms with Gasteiger partial charge in [-0.3, -0.25) is 0 Å². The summed E-state index contributed by atoms with van der Waals surface area (Å²) in [5.41, 5.74) is 3.65. The summed E-state index contributed by atoms with van der Waals surface area (Å²) in [7, 11) is 0. The van der Waals surface area contributed by atoms with Crippen LogP contribution in [0, 0.1) is 0 Å². The summed E-state index contributed by atoms with van der Waals surface area (Å²) < 4.78 is 2.32. The molecule has 0 aliphatic heterocycles. The molecule has 0 saturated heterocycles. The lowest BCUT2D eigenvalue weighted by Crippen LogP contribution is -2.40. The molecule has 2 aromatic carbocycles. The Morgan fingerprint density at radius 3 is 2.68 bits per heavy atom. The van der Waals surface area contributed by atoms with E-state index >= 15 is 0 Å². The fourth-order valence-electron chi connectivity index (χ4n) is 3.44. The molecule has 28 heavy (non-hydrogen) atoms. The molecule has 1 heterocycles. The van der Waals surface area contributed by atoms with Gasteiger partial charge in [-0.15, -0.1) is 11.8 Å². The van der Waals surface area contributed by atoms with Gasteiger partial charge in [-0.1, -0.05) is 31.2 Å². The Hall–Kier alpha value is -1.98. The largest absolute Gasteiger partial charge is 0.347 e. The quantitative estimate of drug-likeness (QED) is 0.359. The van der Waals surface area contributed by atoms with E-state index in [-0.39, 0.29) is 0 Å². The number of anilines is 1. The zero-order valence-electron chi connectivity index (χ0n) is 17.1. The first kappa shape index (κ1) is 20.7. The van der Waals surface area contributed by atoms with Crippen LogP contribution < -0.4 is 5.32 Å². The van der Waals surface area contributed by atoms with E-state index in [1.807, 2.05) is 0 Å². The number of para-hydroxylation sites is 1. The molecule has 148 valence electrons. The molecule has 0 bridgehead atoms. The topological polar surface area (TPSA) is 20.2 Å². The molecule has 1 aromatic heterocycles. The van der Waals surface area contributed by atoms with Gasteiger partial charge in [0.2, 0.25) is 0 Å². The molecule has 0 saturated carbocycles. The van der Waals surface area contributed by atoms with Crippen LogP contribution in [0.3, 0.4) is 0 Å². The minimum Gasteiger partial charge on any atom is -0.347 e. The molecule has 0 aliphatic carbocycles. The minimum absolute atomic E-state index is 0.354. The first-order valence-electron chi connectivity index (χ1n) is 9.85. The number of thiocarbonyl (C=S) groups is 1. The minimum atomic E-state index is 0.354. The number of hydrogen-bond acceptors (Lipinski definition) is 2. The summed E-state index contributed by atoms with van der Waals surface area (Å²) >= 11 is 7.58. The summed E-state index contributed by atoms with van der Waals surface area (Å²) in [6, 6.07) is 17.4. The number of aromatic nitrogens is 1. The van der Waals surface area contributed by atoms with Crippen LogP contribution >= 0.6 is 24.0 Å². The number of nitrogens with one attached hydrogen (secondary N) is 1. The average Bonchev–Trinajstić information content (AvgIpc) is 3.09. The smallest absolute Gasteiger partial charge is 0.173 e. The summed E-state index contributed by atoms with van der Waals surface area (Å²) in [4.78, 5) is 3.54. The normalized spacial score (nSPS) is 12.1. The average molecular weight is 412 g/mol. The van der Waals surface area contributed by atoms with Gasteiger partial charge in [0, 0.05) is 46.8 Å². The molecular formula is C23H29N3S2. The maximum absolute atomic E-state index is 5.84. The van der Waals surface area contributed by atoms with Crippen molar-refractivity contribution >= 4 is 45.7 Å². The van der Waals surface area contributed by atoms with Crippen molar-refractivity contribution in [3.05, 3.63) is 60.3 Å². The van der Waals surface area contributed by atoms with Crippen molar-refractivity contribution in [2.24, 2.45) is 0 Å². The lowest BCUT2D eigenvalue weighted by molar-refractivity contribution is 0.320. The van der Waals surface area contributed by atoms with Crippen LogP contribution in [-0.2, 0) is 13.1 Å². The van der Waals surface area contributed by atoms with Gasteiger partial charge in [-0.25, -0.2) is 0 Å². The van der Waals surface area contributed by atoms with E-state index in [1.54, 1.807) is 11.8 Å². The Labute approximate surface area is 178 Å². The first-order valence-corrected chi connectivity index (χ1v) is 11.5. The standard InChI is InChI=1S/C23H29N3S2/c1-5-17(3)26(23(27)24-19-10-9-11-20(14-19)28-4)16-18-15-25(6-2)22-13-8-7-12-21(18)22/h7-15,17H,5-6,16H2,1-4H3,(H,24,27)/t17-/m0/s1. The summed E-state index contributed by atoms with van der Waals surface area (Å²) in [5, 5.41) is 5.55. The maximum Gasteiger partial charge on any atom is 0.173 e. The Morgan fingerprint density at radius 1 is 1.18 bits per heavy atom. The number of hydrogen-bond donors (Lipinski definition) is 1. The Kier molecular flexibility index (Phi) is 7.03. The lowest BCUT2D eigenvalue weighted by atomic mass is 10.1. The number of rotatable bonds is 7. The SMILES string of the molecule is CC[C@H](C)N(Cc1cn(CC)c2ccccc12)C(=S)Nc1cccc(SC)c1. The van der Waals surface area contributed by atoms with Crippen LogP contribution in [0.25, 0.3) is 10.9 Å². The molecule has 0 unspecified atom stereocenters. The van der Waals surface area contributed by atoms with Crippen molar-refractivity contribution in [3.8, 4) is 0 Å². The number of nitrogens with zero attached hydrogens (tertiary/aromatic N) is 2. The van der Waals surface area contributed by atoms with Crippen LogP contribution in [0.15, 0.2) is 59.6 Å². The molecule has 3 rings (SSSR count). The highest BCUT2D eigenvalue weighted by Crippen LogP contribution is 2.25. The molecule has 1 atom stereocenters. The maximum atomic E-state index is 5.84. The van der Waals surface area contributed by atoms with Crippen molar-refractivity contribution in [1.82, 2.24) is 9.47 Å². The number of aryl methyl sites for hydroxylation is 1. The van der Waals surface area contributed by atoms with E-state index < -0.39 is 0 Å². The van der Waals surface area contributed by atoms with Crippen molar-refractivity contribution in [3.63, 3.8) is 0 Å². The molecule has 0 aliphatic rings. The first-order chi connectivity index (χ1) is 13.6. The monoisotopic (exact) mass is 411 g/mol. The fourth-order valence-corrected chi connectivity index (χ4v) is 4.26. The third-order valence-electron chi connectivity index (χ3n) is 5.26. The third-order valence-corrected chi connectivity index (χ3v) is 6.32. The Bertz CT molecular complexity index is 948. The lowest BCUT2D eigenvalue weighted by Gasteiger charge is -2.31. The highest BCUT2D eigenvalue weighted by Gasteiger charge is 2.19. The van der Waals surface area contributed by atoms with Crippen LogP contribution in [-0.4, -0.2) is 26.9 Å². The van der Waals surface area contributed by atoms with Gasteiger partial charge in [-0.05, 0) is 68.6 Å². The Balaban J connectivity index is 1.87. The van der Waals surface area contributed by atoms with E-state index in [9.17, 15) is 0 Å².